The van der Waals surface area contributed by atoms with Gasteiger partial charge in [-0.2, -0.15) is 0 Å². The molecule has 3 aliphatic rings. The molecular formula is C41H59N7O5. The van der Waals surface area contributed by atoms with Crippen LogP contribution in [0, 0.1) is 10.8 Å². The summed E-state index contributed by atoms with van der Waals surface area (Å²) in [6.45, 7) is 14.0. The van der Waals surface area contributed by atoms with Crippen LogP contribution >= 0.6 is 0 Å². The fourth-order valence-electron chi connectivity index (χ4n) is 7.79. The van der Waals surface area contributed by atoms with Gasteiger partial charge in [-0.1, -0.05) is 71.9 Å². The van der Waals surface area contributed by atoms with E-state index in [2.05, 4.69) is 33.4 Å². The molecule has 2 heterocycles. The topological polar surface area (TPSA) is 166 Å². The molecule has 2 aromatic carbocycles. The van der Waals surface area contributed by atoms with Crippen LogP contribution in [0.5, 0.6) is 0 Å². The number of carbonyl (C=O) groups is 5. The number of fused-ring (bicyclic) bond motifs is 2. The number of hydrogen-bond donors (Lipinski definition) is 5. The molecule has 0 spiro atoms. The van der Waals surface area contributed by atoms with Crippen LogP contribution in [0.2, 0.25) is 0 Å². The highest BCUT2D eigenvalue weighted by Crippen LogP contribution is 2.32. The van der Waals surface area contributed by atoms with E-state index in [0.717, 1.165) is 36.0 Å². The van der Waals surface area contributed by atoms with Gasteiger partial charge in [0, 0.05) is 30.7 Å². The average Bonchev–Trinajstić information content (AvgIpc) is 3.52. The van der Waals surface area contributed by atoms with E-state index in [-0.39, 0.29) is 61.1 Å². The fraction of sp³-hybridized carbons (Fsp3) is 0.585. The minimum Gasteiger partial charge on any atom is -0.347 e. The second-order valence-electron chi connectivity index (χ2n) is 17.3. The first-order chi connectivity index (χ1) is 24.9. The number of benzene rings is 2. The maximum atomic E-state index is 14.0. The highest BCUT2D eigenvalue weighted by atomic mass is 16.2. The van der Waals surface area contributed by atoms with E-state index in [1.807, 2.05) is 72.7 Å². The Hall–Kier alpha value is -4.29. The molecule has 5 amide bonds. The Morgan fingerprint density at radius 1 is 0.887 bits per heavy atom. The predicted octanol–water partition coefficient (Wildman–Crippen LogP) is 2.98. The van der Waals surface area contributed by atoms with Gasteiger partial charge in [0.2, 0.25) is 23.6 Å². The van der Waals surface area contributed by atoms with Gasteiger partial charge in [-0.3, -0.25) is 24.0 Å². The molecule has 6 atom stereocenters. The molecule has 12 heteroatoms. The summed E-state index contributed by atoms with van der Waals surface area (Å²) < 4.78 is 0. The summed E-state index contributed by atoms with van der Waals surface area (Å²) in [5, 5.41) is 12.1. The van der Waals surface area contributed by atoms with E-state index in [1.165, 1.54) is 5.56 Å². The highest BCUT2D eigenvalue weighted by Gasteiger charge is 2.44. The van der Waals surface area contributed by atoms with E-state index in [1.54, 1.807) is 22.9 Å². The number of nitrogens with zero attached hydrogens (tertiary/aromatic N) is 2. The van der Waals surface area contributed by atoms with E-state index in [4.69, 9.17) is 5.73 Å². The van der Waals surface area contributed by atoms with Gasteiger partial charge in [-0.15, -0.1) is 0 Å². The second-order valence-corrected chi connectivity index (χ2v) is 17.3. The van der Waals surface area contributed by atoms with Crippen LogP contribution in [-0.4, -0.2) is 89.7 Å². The van der Waals surface area contributed by atoms with Crippen molar-refractivity contribution in [3.8, 4) is 0 Å². The van der Waals surface area contributed by atoms with Crippen molar-refractivity contribution in [1.82, 2.24) is 31.1 Å². The summed E-state index contributed by atoms with van der Waals surface area (Å²) in [6.07, 6.45) is 3.60. The van der Waals surface area contributed by atoms with Gasteiger partial charge in [-0.05, 0) is 91.3 Å². The summed E-state index contributed by atoms with van der Waals surface area (Å²) in [6, 6.07) is 10.6. The van der Waals surface area contributed by atoms with E-state index < -0.39 is 35.0 Å². The average molecular weight is 730 g/mol. The lowest BCUT2D eigenvalue weighted by atomic mass is 9.84. The zero-order chi connectivity index (χ0) is 38.8. The molecule has 0 saturated carbocycles. The van der Waals surface area contributed by atoms with Crippen molar-refractivity contribution in [2.24, 2.45) is 16.6 Å². The molecule has 0 bridgehead atoms. The first kappa shape index (κ1) is 39.9. The lowest BCUT2D eigenvalue weighted by Gasteiger charge is -2.40. The van der Waals surface area contributed by atoms with Gasteiger partial charge in [0.15, 0.2) is 0 Å². The van der Waals surface area contributed by atoms with Gasteiger partial charge in [0.05, 0.1) is 18.6 Å². The SMILES string of the molecule is CNCC(=O)NC(C(=O)N1Cc2cc(C(=O)NC3CC(C(=O)N[C@@H]4CCCc5ccccc54)N(C(=O)C(N)C(C)(C)C)C3)ccc2CC1C)C(C)(C)C. The molecule has 5 unspecified atom stereocenters. The van der Waals surface area contributed by atoms with Gasteiger partial charge in [-0.25, -0.2) is 0 Å². The second kappa shape index (κ2) is 16.0. The Kier molecular flexibility index (Phi) is 12.0. The van der Waals surface area contributed by atoms with E-state index >= 15 is 0 Å². The largest absolute Gasteiger partial charge is 0.347 e. The summed E-state index contributed by atoms with van der Waals surface area (Å²) in [7, 11) is 1.68. The Bertz CT molecular complexity index is 1710. The van der Waals surface area contributed by atoms with Crippen LogP contribution in [-0.2, 0) is 38.6 Å². The number of carbonyl (C=O) groups excluding carboxylic acids is 5. The van der Waals surface area contributed by atoms with Crippen LogP contribution in [0.15, 0.2) is 42.5 Å². The van der Waals surface area contributed by atoms with E-state index in [0.29, 0.717) is 18.5 Å². The van der Waals surface area contributed by atoms with Crippen molar-refractivity contribution < 1.29 is 24.0 Å². The minimum atomic E-state index is -0.828. The molecule has 5 rings (SSSR count). The monoisotopic (exact) mass is 729 g/mol. The molecule has 0 aromatic heterocycles. The van der Waals surface area contributed by atoms with Crippen molar-refractivity contribution in [3.05, 3.63) is 70.3 Å². The van der Waals surface area contributed by atoms with Crippen molar-refractivity contribution in [3.63, 3.8) is 0 Å². The standard InChI is InChI=1S/C41H59N7O5/c1-24-18-26-16-17-27(19-28(26)22-47(24)39(53)35(41(5,6)7)46-33(49)21-43-8)36(50)44-29-20-32(48(23-29)38(52)34(42)40(2,3)4)37(51)45-31-15-11-13-25-12-9-10-14-30(25)31/h9-10,12,14,16-17,19,24,29,31-32,34-35,43H,11,13,15,18,20-23,42H2,1-8H3,(H,44,50)(H,45,51)(H,46,49)/t24?,29?,31-,32?,34?,35?/m1/s1. The Balaban J connectivity index is 1.32. The van der Waals surface area contributed by atoms with Crippen molar-refractivity contribution in [2.45, 2.75) is 123 Å². The zero-order valence-corrected chi connectivity index (χ0v) is 32.7. The van der Waals surface area contributed by atoms with Crippen LogP contribution < -0.4 is 27.0 Å². The zero-order valence-electron chi connectivity index (χ0n) is 32.7. The maximum Gasteiger partial charge on any atom is 0.251 e. The number of likely N-dealkylation sites (N-methyl/N-ethyl adjacent to an activating group) is 1. The first-order valence-electron chi connectivity index (χ1n) is 19.0. The lowest BCUT2D eigenvalue weighted by molar-refractivity contribution is -0.142. The lowest BCUT2D eigenvalue weighted by Crippen LogP contribution is -2.58. The molecule has 288 valence electrons. The van der Waals surface area contributed by atoms with Gasteiger partial charge in [0.1, 0.15) is 12.1 Å². The number of rotatable bonds is 9. The number of likely N-dealkylation sites (tertiary alicyclic amines) is 1. The number of hydrogen-bond acceptors (Lipinski definition) is 7. The summed E-state index contributed by atoms with van der Waals surface area (Å²) in [4.78, 5) is 71.4. The third kappa shape index (κ3) is 9.09. The normalized spacial score (nSPS) is 22.6. The number of amides is 5. The third-order valence-electron chi connectivity index (χ3n) is 11.0. The van der Waals surface area contributed by atoms with Gasteiger partial charge < -0.3 is 36.8 Å². The molecule has 0 radical (unpaired) electrons. The predicted molar refractivity (Wildman–Crippen MR) is 205 cm³/mol. The Labute approximate surface area is 314 Å². The van der Waals surface area contributed by atoms with Crippen molar-refractivity contribution in [2.75, 3.05) is 20.1 Å². The number of nitrogens with two attached hydrogens (primary N) is 1. The highest BCUT2D eigenvalue weighted by molar-refractivity contribution is 5.96. The smallest absolute Gasteiger partial charge is 0.251 e. The molecule has 6 N–H and O–H groups in total. The van der Waals surface area contributed by atoms with Gasteiger partial charge >= 0.3 is 0 Å². The molecule has 2 aromatic rings. The minimum absolute atomic E-state index is 0.104. The maximum absolute atomic E-state index is 14.0. The van der Waals surface area contributed by atoms with Crippen molar-refractivity contribution >= 4 is 29.5 Å². The van der Waals surface area contributed by atoms with Crippen molar-refractivity contribution in [1.29, 1.82) is 0 Å². The van der Waals surface area contributed by atoms with Crippen LogP contribution in [0.3, 0.4) is 0 Å². The molecule has 1 aliphatic carbocycles. The molecule has 2 aliphatic heterocycles. The van der Waals surface area contributed by atoms with Crippen LogP contribution in [0.25, 0.3) is 0 Å². The van der Waals surface area contributed by atoms with E-state index in [9.17, 15) is 24.0 Å². The number of aryl methyl sites for hydroxylation is 1. The molecule has 1 fully saturated rings. The molecule has 12 nitrogen and oxygen atoms in total. The Morgan fingerprint density at radius 3 is 2.28 bits per heavy atom. The first-order valence-corrected chi connectivity index (χ1v) is 19.0. The third-order valence-corrected chi connectivity index (χ3v) is 11.0. The van der Waals surface area contributed by atoms with Crippen LogP contribution in [0.4, 0.5) is 0 Å². The molecule has 1 saturated heterocycles. The Morgan fingerprint density at radius 2 is 1.60 bits per heavy atom. The van der Waals surface area contributed by atoms with Gasteiger partial charge in [0.25, 0.3) is 5.91 Å². The molecule has 53 heavy (non-hydrogen) atoms. The summed E-state index contributed by atoms with van der Waals surface area (Å²) in [5.74, 6) is -1.31. The summed E-state index contributed by atoms with van der Waals surface area (Å²) in [5.41, 5.74) is 10.1. The molecular weight excluding hydrogens is 670 g/mol. The summed E-state index contributed by atoms with van der Waals surface area (Å²) >= 11 is 0. The quantitative estimate of drug-likeness (QED) is 0.265. The van der Waals surface area contributed by atoms with Crippen LogP contribution in [0.1, 0.15) is 106 Å². The number of nitrogens with one attached hydrogen (secondary N) is 4. The fourth-order valence-corrected chi connectivity index (χ4v) is 7.79.